The van der Waals surface area contributed by atoms with E-state index in [1.165, 1.54) is 11.1 Å². The van der Waals surface area contributed by atoms with Crippen molar-refractivity contribution in [1.29, 1.82) is 0 Å². The number of aliphatic imine (C=N–C) groups is 1. The molecule has 23 heavy (non-hydrogen) atoms. The fourth-order valence-corrected chi connectivity index (χ4v) is 2.59. The third-order valence-electron chi connectivity index (χ3n) is 3.68. The molecule has 4 heteroatoms. The largest absolute Gasteiger partial charge is 0.349 e. The molecule has 4 nitrogen and oxygen atoms in total. The van der Waals surface area contributed by atoms with Crippen molar-refractivity contribution >= 4 is 11.6 Å². The molecule has 0 saturated heterocycles. The average Bonchev–Trinajstić information content (AvgIpc) is 2.43. The summed E-state index contributed by atoms with van der Waals surface area (Å²) in [5.41, 5.74) is 3.73. The van der Waals surface area contributed by atoms with Gasteiger partial charge in [0.05, 0.1) is 0 Å². The van der Waals surface area contributed by atoms with Crippen LogP contribution in [0, 0.1) is 0 Å². The van der Waals surface area contributed by atoms with Gasteiger partial charge in [-0.05, 0) is 23.0 Å². The zero-order valence-corrected chi connectivity index (χ0v) is 15.9. The van der Waals surface area contributed by atoms with Crippen LogP contribution in [0.2, 0.25) is 0 Å². The molecule has 1 rings (SSSR count). The molecule has 0 aliphatic carbocycles. The van der Waals surface area contributed by atoms with E-state index in [2.05, 4.69) is 62.8 Å². The quantitative estimate of drug-likeness (QED) is 0.649. The Morgan fingerprint density at radius 3 is 1.74 bits per heavy atom. The van der Waals surface area contributed by atoms with E-state index in [4.69, 9.17) is 0 Å². The number of rotatable bonds is 5. The van der Waals surface area contributed by atoms with Crippen LogP contribution < -0.4 is 5.32 Å². The first-order valence-corrected chi connectivity index (χ1v) is 8.17. The highest BCUT2D eigenvalue weighted by Gasteiger charge is 2.14. The first-order chi connectivity index (χ1) is 10.6. The highest BCUT2D eigenvalue weighted by molar-refractivity contribution is 5.80. The van der Waals surface area contributed by atoms with Gasteiger partial charge in [0.1, 0.15) is 5.82 Å². The smallest absolute Gasteiger partial charge is 0.202 e. The normalized spacial score (nSPS) is 10.7. The minimum absolute atomic E-state index is 0.440. The van der Waals surface area contributed by atoms with Crippen LogP contribution in [-0.2, 0) is 0 Å². The van der Waals surface area contributed by atoms with Crippen molar-refractivity contribution in [2.75, 3.05) is 33.5 Å². The fourth-order valence-electron chi connectivity index (χ4n) is 2.59. The lowest BCUT2D eigenvalue weighted by atomic mass is 9.92. The Kier molecular flexibility index (Phi) is 6.67. The highest BCUT2D eigenvalue weighted by Crippen LogP contribution is 2.33. The molecule has 0 radical (unpaired) electrons. The van der Waals surface area contributed by atoms with E-state index >= 15 is 0 Å². The van der Waals surface area contributed by atoms with Crippen molar-refractivity contribution in [2.24, 2.45) is 4.99 Å². The van der Waals surface area contributed by atoms with Gasteiger partial charge < -0.3 is 15.1 Å². The maximum absolute atomic E-state index is 4.63. The summed E-state index contributed by atoms with van der Waals surface area (Å²) in [6.45, 7) is 12.9. The molecule has 0 aliphatic rings. The number of para-hydroxylation sites is 1. The van der Waals surface area contributed by atoms with Crippen LogP contribution in [0.3, 0.4) is 0 Å². The minimum atomic E-state index is 0.440. The lowest BCUT2D eigenvalue weighted by molar-refractivity contribution is 0.483. The summed E-state index contributed by atoms with van der Waals surface area (Å²) in [7, 11) is 7.92. The molecule has 0 unspecified atom stereocenters. The molecular formula is C19H32N4. The van der Waals surface area contributed by atoms with Gasteiger partial charge in [-0.1, -0.05) is 52.5 Å². The number of hydrogen-bond acceptors (Lipinski definition) is 2. The monoisotopic (exact) mass is 316 g/mol. The van der Waals surface area contributed by atoms with Crippen LogP contribution in [-0.4, -0.2) is 44.0 Å². The number of nitrogens with one attached hydrogen (secondary N) is 1. The molecule has 0 saturated carbocycles. The number of anilines is 1. The zero-order valence-electron chi connectivity index (χ0n) is 15.9. The molecule has 0 heterocycles. The third kappa shape index (κ3) is 5.02. The average molecular weight is 316 g/mol. The maximum Gasteiger partial charge on any atom is 0.202 e. The molecule has 0 bridgehead atoms. The van der Waals surface area contributed by atoms with Crippen molar-refractivity contribution in [2.45, 2.75) is 39.5 Å². The molecule has 0 atom stereocenters. The lowest BCUT2D eigenvalue weighted by Gasteiger charge is -2.24. The van der Waals surface area contributed by atoms with Crippen molar-refractivity contribution in [3.63, 3.8) is 0 Å². The van der Waals surface area contributed by atoms with Crippen LogP contribution in [0.5, 0.6) is 0 Å². The molecular weight excluding hydrogens is 284 g/mol. The maximum atomic E-state index is 4.63. The molecule has 0 aliphatic heterocycles. The summed E-state index contributed by atoms with van der Waals surface area (Å²) in [5.74, 6) is 2.39. The van der Waals surface area contributed by atoms with Crippen LogP contribution in [0.1, 0.15) is 50.7 Å². The summed E-state index contributed by atoms with van der Waals surface area (Å²) in [6, 6.07) is 6.48. The Labute approximate surface area is 141 Å². The highest BCUT2D eigenvalue weighted by atomic mass is 15.3. The fraction of sp³-hybridized carbons (Fsp3) is 0.526. The van der Waals surface area contributed by atoms with Crippen molar-refractivity contribution < 1.29 is 0 Å². The zero-order chi connectivity index (χ0) is 17.7. The molecule has 0 aromatic heterocycles. The molecule has 1 N–H and O–H groups in total. The second-order valence-electron chi connectivity index (χ2n) is 6.89. The van der Waals surface area contributed by atoms with Crippen LogP contribution in [0.25, 0.3) is 0 Å². The molecule has 1 aromatic carbocycles. The standard InChI is InChI=1S/C19H32N4/c1-13(2)16-11-10-12-17(14(3)4)18(16)20-15(5)21-19(22(6)7)23(8)9/h10-14,20H,5H2,1-4,6-9H3. The molecule has 0 spiro atoms. The summed E-state index contributed by atoms with van der Waals surface area (Å²) in [6.07, 6.45) is 0. The molecule has 1 aromatic rings. The SMILES string of the molecule is C=C(N=C(N(C)C)N(C)C)Nc1c(C(C)C)cccc1C(C)C. The van der Waals surface area contributed by atoms with E-state index in [1.54, 1.807) is 0 Å². The van der Waals surface area contributed by atoms with E-state index < -0.39 is 0 Å². The van der Waals surface area contributed by atoms with Crippen LogP contribution >= 0.6 is 0 Å². The predicted molar refractivity (Wildman–Crippen MR) is 102 cm³/mol. The van der Waals surface area contributed by atoms with Gasteiger partial charge in [-0.3, -0.25) is 0 Å². The van der Waals surface area contributed by atoms with Gasteiger partial charge in [0, 0.05) is 33.9 Å². The first kappa shape index (κ1) is 19.1. The van der Waals surface area contributed by atoms with E-state index in [9.17, 15) is 0 Å². The van der Waals surface area contributed by atoms with Gasteiger partial charge in [0.2, 0.25) is 5.96 Å². The summed E-state index contributed by atoms with van der Waals surface area (Å²) in [4.78, 5) is 8.59. The Bertz CT molecular complexity index is 532. The van der Waals surface area contributed by atoms with Crippen molar-refractivity contribution in [3.05, 3.63) is 41.7 Å². The van der Waals surface area contributed by atoms with E-state index in [0.29, 0.717) is 17.7 Å². The third-order valence-corrected chi connectivity index (χ3v) is 3.68. The second kappa shape index (κ2) is 8.04. The van der Waals surface area contributed by atoms with Gasteiger partial charge in [-0.25, -0.2) is 0 Å². The second-order valence-corrected chi connectivity index (χ2v) is 6.89. The topological polar surface area (TPSA) is 30.9 Å². The summed E-state index contributed by atoms with van der Waals surface area (Å²) in [5, 5.41) is 3.45. The Balaban J connectivity index is 3.22. The van der Waals surface area contributed by atoms with Gasteiger partial charge in [0.25, 0.3) is 0 Å². The Morgan fingerprint density at radius 2 is 1.39 bits per heavy atom. The van der Waals surface area contributed by atoms with Gasteiger partial charge in [-0.2, -0.15) is 4.99 Å². The lowest BCUT2D eigenvalue weighted by Crippen LogP contribution is -2.35. The minimum Gasteiger partial charge on any atom is -0.349 e. The number of benzene rings is 1. The van der Waals surface area contributed by atoms with E-state index in [0.717, 1.165) is 11.6 Å². The summed E-state index contributed by atoms with van der Waals surface area (Å²) < 4.78 is 0. The number of hydrogen-bond donors (Lipinski definition) is 1. The molecule has 0 amide bonds. The van der Waals surface area contributed by atoms with Crippen LogP contribution in [0.4, 0.5) is 5.69 Å². The Hall–Kier alpha value is -1.97. The van der Waals surface area contributed by atoms with Gasteiger partial charge in [0.15, 0.2) is 0 Å². The van der Waals surface area contributed by atoms with Gasteiger partial charge in [-0.15, -0.1) is 0 Å². The van der Waals surface area contributed by atoms with E-state index in [-0.39, 0.29) is 0 Å². The Morgan fingerprint density at radius 1 is 0.957 bits per heavy atom. The van der Waals surface area contributed by atoms with Crippen LogP contribution in [0.15, 0.2) is 35.6 Å². The first-order valence-electron chi connectivity index (χ1n) is 8.17. The number of nitrogens with zero attached hydrogens (tertiary/aromatic N) is 3. The van der Waals surface area contributed by atoms with Crippen molar-refractivity contribution in [3.8, 4) is 0 Å². The molecule has 128 valence electrons. The van der Waals surface area contributed by atoms with Crippen molar-refractivity contribution in [1.82, 2.24) is 9.80 Å². The van der Waals surface area contributed by atoms with Gasteiger partial charge >= 0.3 is 0 Å². The number of guanidine groups is 1. The molecule has 0 fully saturated rings. The summed E-state index contributed by atoms with van der Waals surface area (Å²) >= 11 is 0. The predicted octanol–water partition coefficient (Wildman–Crippen LogP) is 4.30. The van der Waals surface area contributed by atoms with E-state index in [1.807, 2.05) is 38.0 Å².